The summed E-state index contributed by atoms with van der Waals surface area (Å²) in [6.45, 7) is 2.52. The molecule has 3 aromatic rings. The first kappa shape index (κ1) is 23.0. The lowest BCUT2D eigenvalue weighted by Gasteiger charge is -2.57. The van der Waals surface area contributed by atoms with Crippen LogP contribution in [0.3, 0.4) is 0 Å². The normalized spacial score (nSPS) is 26.4. The second-order valence-electron chi connectivity index (χ2n) is 11.2. The van der Waals surface area contributed by atoms with Gasteiger partial charge in [-0.2, -0.15) is 0 Å². The van der Waals surface area contributed by atoms with E-state index in [2.05, 4.69) is 34.2 Å². The minimum atomic E-state index is -1.00. The summed E-state index contributed by atoms with van der Waals surface area (Å²) in [5.41, 5.74) is 5.67. The number of aliphatic carboxylic acids is 1. The number of ether oxygens (including phenoxy) is 1. The Hall–Kier alpha value is -3.47. The molecule has 0 spiro atoms. The Kier molecular flexibility index (Phi) is 5.87. The molecule has 184 valence electrons. The molecule has 4 saturated carbocycles. The lowest BCUT2D eigenvalue weighted by atomic mass is 9.48. The zero-order valence-corrected chi connectivity index (χ0v) is 20.7. The molecule has 1 aromatic heterocycles. The van der Waals surface area contributed by atoms with Crippen molar-refractivity contribution in [2.45, 2.75) is 57.5 Å². The molecule has 2 aromatic carbocycles. The Bertz CT molecular complexity index is 1260. The SMILES string of the molecule is Cc1ccc(-c2ncc(/C=C/C(=O)O)cn2)c(OCc2ccc(C34CC5CC(CC(C5)C3)C4)cc2)c1. The second-order valence-corrected chi connectivity index (χ2v) is 11.2. The van der Waals surface area contributed by atoms with Gasteiger partial charge in [0.15, 0.2) is 5.82 Å². The first-order chi connectivity index (χ1) is 17.5. The molecule has 36 heavy (non-hydrogen) atoms. The fourth-order valence-corrected chi connectivity index (χ4v) is 7.24. The maximum atomic E-state index is 10.7. The summed E-state index contributed by atoms with van der Waals surface area (Å²) in [6.07, 6.45) is 14.3. The summed E-state index contributed by atoms with van der Waals surface area (Å²) in [7, 11) is 0. The predicted octanol–water partition coefficient (Wildman–Crippen LogP) is 6.60. The third-order valence-corrected chi connectivity index (χ3v) is 8.47. The maximum Gasteiger partial charge on any atom is 0.328 e. The zero-order chi connectivity index (χ0) is 24.7. The molecule has 0 amide bonds. The average molecular weight is 481 g/mol. The largest absolute Gasteiger partial charge is 0.488 e. The van der Waals surface area contributed by atoms with Crippen LogP contribution in [0.5, 0.6) is 5.75 Å². The topological polar surface area (TPSA) is 72.3 Å². The summed E-state index contributed by atoms with van der Waals surface area (Å²) < 4.78 is 6.29. The van der Waals surface area contributed by atoms with Crippen LogP contribution in [-0.2, 0) is 16.8 Å². The summed E-state index contributed by atoms with van der Waals surface area (Å²) in [5, 5.41) is 8.81. The van der Waals surface area contributed by atoms with Crippen LogP contribution in [-0.4, -0.2) is 21.0 Å². The van der Waals surface area contributed by atoms with E-state index in [0.717, 1.165) is 46.3 Å². The van der Waals surface area contributed by atoms with Crippen LogP contribution in [0.4, 0.5) is 0 Å². The highest BCUT2D eigenvalue weighted by molar-refractivity contribution is 5.85. The number of benzene rings is 2. The highest BCUT2D eigenvalue weighted by Gasteiger charge is 2.51. The monoisotopic (exact) mass is 480 g/mol. The Morgan fingerprint density at radius 1 is 1.00 bits per heavy atom. The van der Waals surface area contributed by atoms with Crippen molar-refractivity contribution >= 4 is 12.0 Å². The van der Waals surface area contributed by atoms with Crippen LogP contribution in [0.2, 0.25) is 0 Å². The van der Waals surface area contributed by atoms with Crippen molar-refractivity contribution in [3.63, 3.8) is 0 Å². The minimum Gasteiger partial charge on any atom is -0.488 e. The molecular formula is C31H32N2O3. The molecule has 0 aliphatic heterocycles. The second kappa shape index (κ2) is 9.20. The molecule has 4 aliphatic carbocycles. The smallest absolute Gasteiger partial charge is 0.328 e. The summed E-state index contributed by atoms with van der Waals surface area (Å²) in [5.74, 6) is 3.14. The maximum absolute atomic E-state index is 10.7. The number of carboxylic acids is 1. The minimum absolute atomic E-state index is 0.418. The van der Waals surface area contributed by atoms with Crippen molar-refractivity contribution in [2.24, 2.45) is 17.8 Å². The van der Waals surface area contributed by atoms with E-state index in [1.807, 2.05) is 25.1 Å². The van der Waals surface area contributed by atoms with E-state index >= 15 is 0 Å². The highest BCUT2D eigenvalue weighted by Crippen LogP contribution is 2.60. The Morgan fingerprint density at radius 2 is 1.64 bits per heavy atom. The van der Waals surface area contributed by atoms with Crippen molar-refractivity contribution in [3.8, 4) is 17.1 Å². The third-order valence-electron chi connectivity index (χ3n) is 8.47. The van der Waals surface area contributed by atoms with Gasteiger partial charge in [-0.3, -0.25) is 0 Å². The van der Waals surface area contributed by atoms with Gasteiger partial charge in [-0.15, -0.1) is 0 Å². The number of hydrogen-bond acceptors (Lipinski definition) is 4. The van der Waals surface area contributed by atoms with Gasteiger partial charge in [0.2, 0.25) is 0 Å². The molecule has 4 bridgehead atoms. The Labute approximate surface area is 212 Å². The van der Waals surface area contributed by atoms with Crippen LogP contribution in [0, 0.1) is 24.7 Å². The lowest BCUT2D eigenvalue weighted by molar-refractivity contribution is -0.131. The number of rotatable bonds is 7. The van der Waals surface area contributed by atoms with Crippen molar-refractivity contribution in [2.75, 3.05) is 0 Å². The molecule has 5 heteroatoms. The number of nitrogens with zero attached hydrogens (tertiary/aromatic N) is 2. The fraction of sp³-hybridized carbons (Fsp3) is 0.387. The van der Waals surface area contributed by atoms with Gasteiger partial charge in [-0.05, 0) is 104 Å². The van der Waals surface area contributed by atoms with Crippen molar-refractivity contribution in [3.05, 3.63) is 83.2 Å². The lowest BCUT2D eigenvalue weighted by Crippen LogP contribution is -2.48. The summed E-state index contributed by atoms with van der Waals surface area (Å²) in [6, 6.07) is 15.2. The standard InChI is InChI=1S/C31H32N2O3/c1-20-2-8-27(30-32-17-22(18-33-30)5-9-29(34)35)28(10-20)36-19-21-3-6-26(7-4-21)31-14-23-11-24(15-31)13-25(12-23)16-31/h2-10,17-18,23-25H,11-16,19H2,1H3,(H,34,35)/b9-5+. The average Bonchev–Trinajstić information content (AvgIpc) is 2.86. The predicted molar refractivity (Wildman–Crippen MR) is 139 cm³/mol. The number of aryl methyl sites for hydroxylation is 1. The van der Waals surface area contributed by atoms with E-state index in [0.29, 0.717) is 23.4 Å². The Balaban J connectivity index is 1.17. The zero-order valence-electron chi connectivity index (χ0n) is 20.7. The van der Waals surface area contributed by atoms with Crippen LogP contribution < -0.4 is 4.74 Å². The molecule has 0 atom stereocenters. The van der Waals surface area contributed by atoms with Crippen molar-refractivity contribution < 1.29 is 14.6 Å². The molecule has 4 aliphatic rings. The first-order valence-electron chi connectivity index (χ1n) is 13.0. The van der Waals surface area contributed by atoms with Gasteiger partial charge < -0.3 is 9.84 Å². The molecule has 0 radical (unpaired) electrons. The van der Waals surface area contributed by atoms with Gasteiger partial charge in [-0.1, -0.05) is 30.3 Å². The molecule has 0 unspecified atom stereocenters. The van der Waals surface area contributed by atoms with Gasteiger partial charge >= 0.3 is 5.97 Å². The highest BCUT2D eigenvalue weighted by atomic mass is 16.5. The van der Waals surface area contributed by atoms with E-state index in [-0.39, 0.29) is 0 Å². The van der Waals surface area contributed by atoms with Crippen molar-refractivity contribution in [1.82, 2.24) is 9.97 Å². The van der Waals surface area contributed by atoms with E-state index in [4.69, 9.17) is 9.84 Å². The molecule has 7 rings (SSSR count). The molecular weight excluding hydrogens is 448 g/mol. The van der Waals surface area contributed by atoms with E-state index in [9.17, 15) is 4.79 Å². The Morgan fingerprint density at radius 3 is 2.25 bits per heavy atom. The number of carbonyl (C=O) groups is 1. The van der Waals surface area contributed by atoms with Gasteiger partial charge in [0.05, 0.1) is 5.56 Å². The van der Waals surface area contributed by atoms with Gasteiger partial charge in [-0.25, -0.2) is 14.8 Å². The van der Waals surface area contributed by atoms with Crippen LogP contribution in [0.1, 0.15) is 60.8 Å². The number of aromatic nitrogens is 2. The third kappa shape index (κ3) is 4.55. The van der Waals surface area contributed by atoms with Crippen LogP contribution in [0.25, 0.3) is 17.5 Å². The van der Waals surface area contributed by atoms with Crippen LogP contribution >= 0.6 is 0 Å². The fourth-order valence-electron chi connectivity index (χ4n) is 7.24. The van der Waals surface area contributed by atoms with Gasteiger partial charge in [0.1, 0.15) is 12.4 Å². The van der Waals surface area contributed by atoms with Gasteiger partial charge in [0.25, 0.3) is 0 Å². The quantitative estimate of drug-likeness (QED) is 0.386. The molecule has 4 fully saturated rings. The van der Waals surface area contributed by atoms with Crippen LogP contribution in [0.15, 0.2) is 60.9 Å². The van der Waals surface area contributed by atoms with E-state index in [1.165, 1.54) is 50.2 Å². The van der Waals surface area contributed by atoms with Gasteiger partial charge in [0, 0.05) is 24.0 Å². The molecule has 1 heterocycles. The molecule has 5 nitrogen and oxygen atoms in total. The van der Waals surface area contributed by atoms with E-state index < -0.39 is 5.97 Å². The molecule has 1 N–H and O–H groups in total. The van der Waals surface area contributed by atoms with Crippen molar-refractivity contribution in [1.29, 1.82) is 0 Å². The molecule has 0 saturated heterocycles. The summed E-state index contributed by atoms with van der Waals surface area (Å²) in [4.78, 5) is 19.6. The van der Waals surface area contributed by atoms with E-state index in [1.54, 1.807) is 12.4 Å². The number of carboxylic acid groups (broad SMARTS) is 1. The summed E-state index contributed by atoms with van der Waals surface area (Å²) >= 11 is 0. The first-order valence-corrected chi connectivity index (χ1v) is 13.0. The number of hydrogen-bond donors (Lipinski definition) is 1.